The predicted molar refractivity (Wildman–Crippen MR) is 58.2 cm³/mol. The van der Waals surface area contributed by atoms with E-state index in [1.54, 1.807) is 0 Å². The predicted octanol–water partition coefficient (Wildman–Crippen LogP) is 1.19. The molecule has 0 aromatic carbocycles. The molecule has 0 bridgehead atoms. The number of nitrogens with zero attached hydrogens (tertiary/aromatic N) is 1. The minimum absolute atomic E-state index is 0.197. The lowest BCUT2D eigenvalue weighted by Gasteiger charge is -2.27. The molecule has 2 amide bonds. The van der Waals surface area contributed by atoms with Crippen LogP contribution < -0.4 is 5.32 Å². The van der Waals surface area contributed by atoms with Crippen molar-refractivity contribution in [2.24, 2.45) is 0 Å². The normalized spacial score (nSPS) is 26.0. The molecule has 1 atom stereocenters. The highest BCUT2D eigenvalue weighted by Gasteiger charge is 2.33. The van der Waals surface area contributed by atoms with Crippen LogP contribution in [0.5, 0.6) is 0 Å². The molecule has 2 aliphatic rings. The molecule has 2 rings (SSSR count). The van der Waals surface area contributed by atoms with Gasteiger partial charge in [-0.15, -0.1) is 0 Å². The Morgan fingerprint density at radius 3 is 2.50 bits per heavy atom. The summed E-state index contributed by atoms with van der Waals surface area (Å²) in [5, 5.41) is 12.0. The van der Waals surface area contributed by atoms with Crippen molar-refractivity contribution in [3.05, 3.63) is 0 Å². The average molecular weight is 226 g/mol. The molecule has 1 saturated heterocycles. The van der Waals surface area contributed by atoms with Crippen LogP contribution in [0.1, 0.15) is 38.5 Å². The summed E-state index contributed by atoms with van der Waals surface area (Å²) >= 11 is 0. The average Bonchev–Trinajstić information content (AvgIpc) is 3.01. The molecule has 5 heteroatoms. The van der Waals surface area contributed by atoms with Gasteiger partial charge in [-0.1, -0.05) is 12.8 Å². The molecule has 0 aromatic heterocycles. The molecule has 0 aromatic rings. The van der Waals surface area contributed by atoms with Crippen molar-refractivity contribution in [3.63, 3.8) is 0 Å². The van der Waals surface area contributed by atoms with Gasteiger partial charge in [-0.2, -0.15) is 0 Å². The van der Waals surface area contributed by atoms with Gasteiger partial charge in [0.25, 0.3) is 0 Å². The largest absolute Gasteiger partial charge is 0.480 e. The maximum Gasteiger partial charge on any atom is 0.326 e. The standard InChI is InChI=1S/C11H18N2O3/c14-10(15)9-4-2-1-3-7-13(9)11(16)12-8-5-6-8/h8-9H,1-7H2,(H,12,16)(H,14,15). The molecule has 1 saturated carbocycles. The fourth-order valence-corrected chi connectivity index (χ4v) is 2.09. The minimum Gasteiger partial charge on any atom is -0.480 e. The molecular formula is C11H18N2O3. The van der Waals surface area contributed by atoms with Gasteiger partial charge in [-0.25, -0.2) is 9.59 Å². The SMILES string of the molecule is O=C(O)C1CCCCCN1C(=O)NC1CC1. The Morgan fingerprint density at radius 2 is 1.88 bits per heavy atom. The zero-order chi connectivity index (χ0) is 11.5. The van der Waals surface area contributed by atoms with E-state index in [1.807, 2.05) is 0 Å². The van der Waals surface area contributed by atoms with Gasteiger partial charge < -0.3 is 15.3 Å². The number of rotatable bonds is 2. The fraction of sp³-hybridized carbons (Fsp3) is 0.818. The minimum atomic E-state index is -0.882. The molecular weight excluding hydrogens is 208 g/mol. The highest BCUT2D eigenvalue weighted by atomic mass is 16.4. The summed E-state index contributed by atoms with van der Waals surface area (Å²) in [6, 6.07) is -0.553. The van der Waals surface area contributed by atoms with Crippen LogP contribution in [-0.2, 0) is 4.79 Å². The van der Waals surface area contributed by atoms with Crippen LogP contribution in [-0.4, -0.2) is 40.6 Å². The van der Waals surface area contributed by atoms with Crippen LogP contribution in [0.3, 0.4) is 0 Å². The summed E-state index contributed by atoms with van der Waals surface area (Å²) in [4.78, 5) is 24.5. The molecule has 1 aliphatic carbocycles. The van der Waals surface area contributed by atoms with E-state index in [0.717, 1.165) is 32.1 Å². The lowest BCUT2D eigenvalue weighted by Crippen LogP contribution is -2.49. The molecule has 1 heterocycles. The number of nitrogens with one attached hydrogen (secondary N) is 1. The van der Waals surface area contributed by atoms with Crippen LogP contribution in [0.25, 0.3) is 0 Å². The van der Waals surface area contributed by atoms with Gasteiger partial charge in [0.05, 0.1) is 0 Å². The zero-order valence-corrected chi connectivity index (χ0v) is 9.32. The first-order chi connectivity index (χ1) is 7.68. The van der Waals surface area contributed by atoms with Crippen LogP contribution in [0, 0.1) is 0 Å². The molecule has 16 heavy (non-hydrogen) atoms. The van der Waals surface area contributed by atoms with Crippen molar-refractivity contribution < 1.29 is 14.7 Å². The number of carboxylic acids is 1. The van der Waals surface area contributed by atoms with E-state index >= 15 is 0 Å². The highest BCUT2D eigenvalue weighted by Crippen LogP contribution is 2.21. The summed E-state index contributed by atoms with van der Waals surface area (Å²) in [6.07, 6.45) is 5.44. The number of likely N-dealkylation sites (tertiary alicyclic amines) is 1. The van der Waals surface area contributed by atoms with Crippen molar-refractivity contribution in [1.29, 1.82) is 0 Å². The van der Waals surface area contributed by atoms with E-state index in [4.69, 9.17) is 5.11 Å². The van der Waals surface area contributed by atoms with E-state index in [0.29, 0.717) is 13.0 Å². The Kier molecular flexibility index (Phi) is 3.31. The summed E-state index contributed by atoms with van der Waals surface area (Å²) in [5.74, 6) is -0.882. The molecule has 2 N–H and O–H groups in total. The van der Waals surface area contributed by atoms with E-state index in [2.05, 4.69) is 5.32 Å². The van der Waals surface area contributed by atoms with E-state index in [9.17, 15) is 9.59 Å². The van der Waals surface area contributed by atoms with Crippen molar-refractivity contribution in [3.8, 4) is 0 Å². The second-order valence-corrected chi connectivity index (χ2v) is 4.62. The second-order valence-electron chi connectivity index (χ2n) is 4.62. The Bertz CT molecular complexity index is 289. The van der Waals surface area contributed by atoms with Gasteiger partial charge in [-0.05, 0) is 25.7 Å². The number of aliphatic carboxylic acids is 1. The van der Waals surface area contributed by atoms with Crippen molar-refractivity contribution in [2.45, 2.75) is 50.6 Å². The third-order valence-electron chi connectivity index (χ3n) is 3.20. The Morgan fingerprint density at radius 1 is 1.12 bits per heavy atom. The van der Waals surface area contributed by atoms with Crippen molar-refractivity contribution in [2.75, 3.05) is 6.54 Å². The molecule has 1 aliphatic heterocycles. The summed E-state index contributed by atoms with van der Waals surface area (Å²) < 4.78 is 0. The van der Waals surface area contributed by atoms with Crippen LogP contribution >= 0.6 is 0 Å². The van der Waals surface area contributed by atoms with Gasteiger partial charge >= 0.3 is 12.0 Å². The molecule has 1 unspecified atom stereocenters. The smallest absolute Gasteiger partial charge is 0.326 e. The number of carboxylic acid groups (broad SMARTS) is 1. The topological polar surface area (TPSA) is 69.6 Å². The van der Waals surface area contributed by atoms with Crippen molar-refractivity contribution in [1.82, 2.24) is 10.2 Å². The van der Waals surface area contributed by atoms with E-state index in [1.165, 1.54) is 4.90 Å². The van der Waals surface area contributed by atoms with Crippen LogP contribution in [0.2, 0.25) is 0 Å². The second kappa shape index (κ2) is 4.72. The third kappa shape index (κ3) is 2.65. The molecule has 90 valence electrons. The summed E-state index contributed by atoms with van der Waals surface area (Å²) in [7, 11) is 0. The first-order valence-electron chi connectivity index (χ1n) is 5.98. The van der Waals surface area contributed by atoms with Crippen molar-refractivity contribution >= 4 is 12.0 Å². The Balaban J connectivity index is 2.00. The third-order valence-corrected chi connectivity index (χ3v) is 3.20. The summed E-state index contributed by atoms with van der Waals surface area (Å²) in [6.45, 7) is 0.565. The van der Waals surface area contributed by atoms with Gasteiger partial charge in [0.15, 0.2) is 0 Å². The first-order valence-corrected chi connectivity index (χ1v) is 5.98. The number of urea groups is 1. The summed E-state index contributed by atoms with van der Waals surface area (Å²) in [5.41, 5.74) is 0. The quantitative estimate of drug-likeness (QED) is 0.743. The van der Waals surface area contributed by atoms with Crippen LogP contribution in [0.15, 0.2) is 0 Å². The van der Waals surface area contributed by atoms with Gasteiger partial charge in [0.1, 0.15) is 6.04 Å². The lowest BCUT2D eigenvalue weighted by atomic mass is 10.1. The number of carbonyl (C=O) groups excluding carboxylic acids is 1. The number of carbonyl (C=O) groups is 2. The van der Waals surface area contributed by atoms with E-state index in [-0.39, 0.29) is 12.1 Å². The Labute approximate surface area is 94.8 Å². The molecule has 5 nitrogen and oxygen atoms in total. The van der Waals surface area contributed by atoms with Gasteiger partial charge in [-0.3, -0.25) is 0 Å². The molecule has 0 spiro atoms. The maximum absolute atomic E-state index is 11.9. The number of amides is 2. The zero-order valence-electron chi connectivity index (χ0n) is 9.32. The van der Waals surface area contributed by atoms with Crippen LogP contribution in [0.4, 0.5) is 4.79 Å². The van der Waals surface area contributed by atoms with Gasteiger partial charge in [0.2, 0.25) is 0 Å². The highest BCUT2D eigenvalue weighted by molar-refractivity contribution is 5.83. The number of hydrogen-bond acceptors (Lipinski definition) is 2. The van der Waals surface area contributed by atoms with Gasteiger partial charge in [0, 0.05) is 12.6 Å². The lowest BCUT2D eigenvalue weighted by molar-refractivity contribution is -0.142. The maximum atomic E-state index is 11.9. The first kappa shape index (κ1) is 11.2. The molecule has 2 fully saturated rings. The Hall–Kier alpha value is -1.26. The molecule has 0 radical (unpaired) electrons. The monoisotopic (exact) mass is 226 g/mol. The number of hydrogen-bond donors (Lipinski definition) is 2. The van der Waals surface area contributed by atoms with E-state index < -0.39 is 12.0 Å². The fourth-order valence-electron chi connectivity index (χ4n) is 2.09.